The highest BCUT2D eigenvalue weighted by Crippen LogP contribution is 2.36. The Morgan fingerprint density at radius 2 is 1.41 bits per heavy atom. The van der Waals surface area contributed by atoms with Crippen LogP contribution in [0.5, 0.6) is 0 Å². The summed E-state index contributed by atoms with van der Waals surface area (Å²) >= 11 is 0. The number of Topliss-reactive ketones (excluding diaryl/α,β-unsaturated/α-hetero) is 1. The lowest BCUT2D eigenvalue weighted by Gasteiger charge is -2.54. The first-order chi connectivity index (χ1) is 16.1. The van der Waals surface area contributed by atoms with Crippen molar-refractivity contribution in [3.05, 3.63) is 65.4 Å². The van der Waals surface area contributed by atoms with E-state index in [4.69, 9.17) is 4.74 Å². The molecule has 5 heteroatoms. The average Bonchev–Trinajstić information content (AvgIpc) is 2.79. The second-order valence-electron chi connectivity index (χ2n) is 11.0. The minimum absolute atomic E-state index is 0.0338. The molecular weight excluding hydrogens is 426 g/mol. The Morgan fingerprint density at radius 1 is 0.853 bits per heavy atom. The molecule has 1 aliphatic rings. The molecule has 1 fully saturated rings. The van der Waals surface area contributed by atoms with Gasteiger partial charge in [-0.15, -0.1) is 0 Å². The first kappa shape index (κ1) is 22.8. The molecule has 1 heterocycles. The third-order valence-corrected chi connectivity index (χ3v) is 7.39. The van der Waals surface area contributed by atoms with Crippen LogP contribution >= 0.6 is 0 Å². The van der Waals surface area contributed by atoms with E-state index < -0.39 is 11.1 Å². The van der Waals surface area contributed by atoms with Crippen LogP contribution in [0.3, 0.4) is 0 Å². The molecule has 34 heavy (non-hydrogen) atoms. The zero-order valence-corrected chi connectivity index (χ0v) is 20.2. The van der Waals surface area contributed by atoms with E-state index in [1.165, 1.54) is 5.39 Å². The molecular formula is C29H31NO4. The molecule has 5 rings (SSSR count). The fraction of sp³-hybridized carbons (Fsp3) is 0.379. The summed E-state index contributed by atoms with van der Waals surface area (Å²) in [5, 5.41) is 19.4. The summed E-state index contributed by atoms with van der Waals surface area (Å²) in [4.78, 5) is 25.8. The van der Waals surface area contributed by atoms with Gasteiger partial charge in [-0.05, 0) is 60.0 Å². The first-order valence-corrected chi connectivity index (χ1v) is 12.0. The van der Waals surface area contributed by atoms with Crippen LogP contribution in [-0.4, -0.2) is 28.9 Å². The van der Waals surface area contributed by atoms with Crippen molar-refractivity contribution < 1.29 is 19.4 Å². The third-order valence-electron chi connectivity index (χ3n) is 7.39. The lowest BCUT2D eigenvalue weighted by Crippen LogP contribution is -3.23. The first-order valence-electron chi connectivity index (χ1n) is 12.0. The van der Waals surface area contributed by atoms with Crippen molar-refractivity contribution in [1.82, 2.24) is 0 Å². The molecule has 1 saturated heterocycles. The van der Waals surface area contributed by atoms with Gasteiger partial charge in [0, 0.05) is 24.8 Å². The molecule has 0 aliphatic carbocycles. The second kappa shape index (κ2) is 8.03. The topological polar surface area (TPSA) is 70.9 Å². The number of hydroxylamine groups is 2. The fourth-order valence-corrected chi connectivity index (χ4v) is 5.97. The number of rotatable bonds is 5. The summed E-state index contributed by atoms with van der Waals surface area (Å²) in [7, 11) is 0. The smallest absolute Gasteiger partial charge is 0.306 e. The molecule has 0 spiro atoms. The normalized spacial score (nSPS) is 21.8. The maximum Gasteiger partial charge on any atom is 0.306 e. The largest absolute Gasteiger partial charge is 0.634 e. The predicted molar refractivity (Wildman–Crippen MR) is 135 cm³/mol. The molecule has 176 valence electrons. The van der Waals surface area contributed by atoms with E-state index >= 15 is 0 Å². The highest BCUT2D eigenvalue weighted by Gasteiger charge is 2.46. The number of carbonyl (C=O) groups excluding carboxylic acids is 2. The van der Waals surface area contributed by atoms with Crippen molar-refractivity contribution in [2.75, 3.05) is 0 Å². The minimum Gasteiger partial charge on any atom is -0.634 e. The molecule has 0 unspecified atom stereocenters. The average molecular weight is 458 g/mol. The Labute approximate surface area is 199 Å². The Kier molecular flexibility index (Phi) is 5.38. The lowest BCUT2D eigenvalue weighted by atomic mass is 9.80. The number of hydrogen-bond acceptors (Lipinski definition) is 4. The standard InChI is InChI=1S/C29H31NO4/c1-28(2)16-21(17-29(3,4)30(28)33)34-25(32)15-14-24(31)22-12-10-20-9-8-18-6-5-7-19-11-13-23(22)27(20)26(18)19/h5-13,21,30H,14-17H2,1-4H3. The molecule has 0 atom stereocenters. The Hall–Kier alpha value is -3.02. The Balaban J connectivity index is 1.33. The quantitative estimate of drug-likeness (QED) is 0.194. The van der Waals surface area contributed by atoms with Crippen LogP contribution in [0.1, 0.15) is 63.7 Å². The van der Waals surface area contributed by atoms with Gasteiger partial charge < -0.3 is 15.0 Å². The van der Waals surface area contributed by atoms with Crippen molar-refractivity contribution in [3.63, 3.8) is 0 Å². The number of carbonyl (C=O) groups is 2. The van der Waals surface area contributed by atoms with Gasteiger partial charge in [0.25, 0.3) is 0 Å². The zero-order chi connectivity index (χ0) is 24.3. The molecule has 0 bridgehead atoms. The van der Waals surface area contributed by atoms with Gasteiger partial charge in [-0.25, -0.2) is 0 Å². The van der Waals surface area contributed by atoms with Gasteiger partial charge in [0.1, 0.15) is 6.10 Å². The van der Waals surface area contributed by atoms with Crippen molar-refractivity contribution in [1.29, 1.82) is 0 Å². The Morgan fingerprint density at radius 3 is 2.06 bits per heavy atom. The number of ketones is 1. The van der Waals surface area contributed by atoms with Crippen molar-refractivity contribution in [2.45, 2.75) is 70.6 Å². The monoisotopic (exact) mass is 457 g/mol. The van der Waals surface area contributed by atoms with Crippen LogP contribution in [0.2, 0.25) is 0 Å². The molecule has 4 aromatic carbocycles. The van der Waals surface area contributed by atoms with E-state index in [1.54, 1.807) is 0 Å². The van der Waals surface area contributed by atoms with E-state index in [0.717, 1.165) is 26.9 Å². The van der Waals surface area contributed by atoms with Crippen LogP contribution in [0.15, 0.2) is 54.6 Å². The Bertz CT molecular complexity index is 1370. The van der Waals surface area contributed by atoms with Gasteiger partial charge in [-0.1, -0.05) is 54.6 Å². The SMILES string of the molecule is CC1(C)CC(OC(=O)CCC(=O)c2ccc3ccc4cccc5ccc2c3c45)CC(C)(C)[NH+]1[O-]. The summed E-state index contributed by atoms with van der Waals surface area (Å²) in [6.45, 7) is 7.64. The summed E-state index contributed by atoms with van der Waals surface area (Å²) < 4.78 is 5.73. The van der Waals surface area contributed by atoms with Crippen LogP contribution < -0.4 is 5.06 Å². The molecule has 1 N–H and O–H groups in total. The van der Waals surface area contributed by atoms with Gasteiger partial charge in [-0.2, -0.15) is 0 Å². The molecule has 5 nitrogen and oxygen atoms in total. The number of nitrogens with one attached hydrogen (secondary N) is 1. The molecule has 0 amide bonds. The molecule has 0 aromatic heterocycles. The van der Waals surface area contributed by atoms with Gasteiger partial charge in [0.2, 0.25) is 0 Å². The molecule has 1 aliphatic heterocycles. The zero-order valence-electron chi connectivity index (χ0n) is 20.2. The van der Waals surface area contributed by atoms with E-state index in [0.29, 0.717) is 18.4 Å². The van der Waals surface area contributed by atoms with Crippen molar-refractivity contribution in [3.8, 4) is 0 Å². The maximum atomic E-state index is 13.2. The highest BCUT2D eigenvalue weighted by molar-refractivity contribution is 6.26. The maximum absolute atomic E-state index is 13.2. The van der Waals surface area contributed by atoms with Crippen LogP contribution in [0, 0.1) is 5.21 Å². The van der Waals surface area contributed by atoms with Crippen molar-refractivity contribution >= 4 is 44.1 Å². The van der Waals surface area contributed by atoms with E-state index in [-0.39, 0.29) is 35.8 Å². The number of quaternary nitrogens is 1. The van der Waals surface area contributed by atoms with Gasteiger partial charge >= 0.3 is 5.97 Å². The van der Waals surface area contributed by atoms with Crippen LogP contribution in [0.25, 0.3) is 32.3 Å². The molecule has 0 saturated carbocycles. The van der Waals surface area contributed by atoms with Gasteiger partial charge in [0.05, 0.1) is 17.5 Å². The number of benzene rings is 4. The summed E-state index contributed by atoms with van der Waals surface area (Å²) in [5.74, 6) is -0.439. The van der Waals surface area contributed by atoms with E-state index in [9.17, 15) is 14.8 Å². The summed E-state index contributed by atoms with van der Waals surface area (Å²) in [6, 6.07) is 18.4. The molecule has 4 aromatic rings. The fourth-order valence-electron chi connectivity index (χ4n) is 5.97. The van der Waals surface area contributed by atoms with Crippen LogP contribution in [-0.2, 0) is 9.53 Å². The second-order valence-corrected chi connectivity index (χ2v) is 11.0. The summed E-state index contributed by atoms with van der Waals surface area (Å²) in [5.41, 5.74) is -0.404. The van der Waals surface area contributed by atoms with Gasteiger partial charge in [-0.3, -0.25) is 9.59 Å². The number of piperidine rings is 1. The third kappa shape index (κ3) is 3.83. The number of hydrogen-bond donors (Lipinski definition) is 1. The van der Waals surface area contributed by atoms with Crippen LogP contribution in [0.4, 0.5) is 0 Å². The van der Waals surface area contributed by atoms with Crippen molar-refractivity contribution in [2.24, 2.45) is 0 Å². The number of ether oxygens (including phenoxy) is 1. The molecule has 0 radical (unpaired) electrons. The summed E-state index contributed by atoms with van der Waals surface area (Å²) in [6.07, 6.45) is 0.862. The number of esters is 1. The van der Waals surface area contributed by atoms with E-state index in [2.05, 4.69) is 30.3 Å². The minimum atomic E-state index is -0.524. The predicted octanol–water partition coefficient (Wildman–Crippen LogP) is 5.19. The lowest BCUT2D eigenvalue weighted by molar-refractivity contribution is -0.956. The van der Waals surface area contributed by atoms with E-state index in [1.807, 2.05) is 52.0 Å². The van der Waals surface area contributed by atoms with Gasteiger partial charge in [0.15, 0.2) is 5.78 Å². The highest BCUT2D eigenvalue weighted by atomic mass is 16.5.